The molecular weight excluding hydrogens is 240 g/mol. The van der Waals surface area contributed by atoms with Gasteiger partial charge in [-0.3, -0.25) is 4.90 Å². The average Bonchev–Trinajstić information content (AvgIpc) is 2.88. The molecule has 0 aromatic carbocycles. The molecule has 1 saturated carbocycles. The van der Waals surface area contributed by atoms with Crippen molar-refractivity contribution in [2.24, 2.45) is 17.6 Å². The first-order valence-electron chi connectivity index (χ1n) is 5.83. The second-order valence-corrected chi connectivity index (χ2v) is 5.97. The summed E-state index contributed by atoms with van der Waals surface area (Å²) in [7, 11) is 0. The Hall–Kier alpha value is -0.0900. The largest absolute Gasteiger partial charge is 0.327 e. The maximum atomic E-state index is 6.13. The predicted molar refractivity (Wildman–Crippen MR) is 71.0 cm³/mol. The molecule has 0 amide bonds. The highest BCUT2D eigenvalue weighted by molar-refractivity contribution is 7.09. The molecule has 0 bridgehead atoms. The first-order valence-corrected chi connectivity index (χ1v) is 6.71. The Bertz CT molecular complexity index is 328. The fourth-order valence-electron chi connectivity index (χ4n) is 3.15. The van der Waals surface area contributed by atoms with Gasteiger partial charge in [-0.2, -0.15) is 0 Å². The quantitative estimate of drug-likeness (QED) is 0.882. The number of nitrogens with zero attached hydrogens (tertiary/aromatic N) is 1. The molecule has 1 aliphatic carbocycles. The summed E-state index contributed by atoms with van der Waals surface area (Å²) >= 11 is 1.87. The van der Waals surface area contributed by atoms with Gasteiger partial charge in [-0.15, -0.1) is 23.7 Å². The summed E-state index contributed by atoms with van der Waals surface area (Å²) in [6.45, 7) is 3.64. The van der Waals surface area contributed by atoms with Crippen molar-refractivity contribution in [2.75, 3.05) is 13.1 Å². The van der Waals surface area contributed by atoms with E-state index in [1.54, 1.807) is 0 Å². The maximum Gasteiger partial charge on any atom is 0.0328 e. The van der Waals surface area contributed by atoms with E-state index >= 15 is 0 Å². The van der Waals surface area contributed by atoms with Crippen molar-refractivity contribution in [1.82, 2.24) is 4.90 Å². The van der Waals surface area contributed by atoms with E-state index in [2.05, 4.69) is 22.4 Å². The Kier molecular flexibility index (Phi) is 3.90. The lowest BCUT2D eigenvalue weighted by molar-refractivity contribution is 0.301. The molecule has 16 heavy (non-hydrogen) atoms. The van der Waals surface area contributed by atoms with Gasteiger partial charge in [0.2, 0.25) is 0 Å². The third-order valence-corrected chi connectivity index (χ3v) is 4.81. The fraction of sp³-hybridized carbons (Fsp3) is 0.667. The molecule has 1 saturated heterocycles. The molecule has 3 atom stereocenters. The Morgan fingerprint density at radius 1 is 1.38 bits per heavy atom. The Labute approximate surface area is 107 Å². The predicted octanol–water partition coefficient (Wildman–Crippen LogP) is 2.34. The minimum absolute atomic E-state index is 0. The summed E-state index contributed by atoms with van der Waals surface area (Å²) in [5, 5.41) is 2.16. The second-order valence-electron chi connectivity index (χ2n) is 4.94. The van der Waals surface area contributed by atoms with Crippen LogP contribution < -0.4 is 5.73 Å². The van der Waals surface area contributed by atoms with Gasteiger partial charge < -0.3 is 5.73 Å². The van der Waals surface area contributed by atoms with E-state index in [1.165, 1.54) is 30.8 Å². The average molecular weight is 259 g/mol. The van der Waals surface area contributed by atoms with Crippen LogP contribution in [0, 0.1) is 11.8 Å². The topological polar surface area (TPSA) is 29.3 Å². The highest BCUT2D eigenvalue weighted by atomic mass is 35.5. The van der Waals surface area contributed by atoms with Crippen molar-refractivity contribution >= 4 is 23.7 Å². The molecule has 1 aliphatic heterocycles. The van der Waals surface area contributed by atoms with Gasteiger partial charge in [-0.05, 0) is 36.1 Å². The van der Waals surface area contributed by atoms with Crippen LogP contribution in [0.1, 0.15) is 17.7 Å². The lowest BCUT2D eigenvalue weighted by Crippen LogP contribution is -2.30. The highest BCUT2D eigenvalue weighted by Crippen LogP contribution is 2.37. The minimum Gasteiger partial charge on any atom is -0.327 e. The Balaban J connectivity index is 0.000000963. The SMILES string of the molecule is Cl.NC1CCC2CN(Cc3cccs3)CC12. The van der Waals surface area contributed by atoms with Gasteiger partial charge in [0.1, 0.15) is 0 Å². The zero-order valence-electron chi connectivity index (χ0n) is 9.34. The van der Waals surface area contributed by atoms with Crippen LogP contribution in [0.25, 0.3) is 0 Å². The summed E-state index contributed by atoms with van der Waals surface area (Å²) in [5.41, 5.74) is 6.13. The van der Waals surface area contributed by atoms with Gasteiger partial charge in [-0.1, -0.05) is 6.07 Å². The van der Waals surface area contributed by atoms with Crippen LogP contribution in [0.2, 0.25) is 0 Å². The van der Waals surface area contributed by atoms with Gasteiger partial charge >= 0.3 is 0 Å². The van der Waals surface area contributed by atoms with Gasteiger partial charge in [0.15, 0.2) is 0 Å². The normalized spacial score (nSPS) is 33.7. The van der Waals surface area contributed by atoms with Crippen LogP contribution in [0.3, 0.4) is 0 Å². The van der Waals surface area contributed by atoms with E-state index in [9.17, 15) is 0 Å². The van der Waals surface area contributed by atoms with Crippen LogP contribution >= 0.6 is 23.7 Å². The first kappa shape index (κ1) is 12.4. The van der Waals surface area contributed by atoms with Crippen molar-refractivity contribution < 1.29 is 0 Å². The van der Waals surface area contributed by atoms with Gasteiger partial charge in [0, 0.05) is 30.6 Å². The first-order chi connectivity index (χ1) is 7.33. The number of thiophene rings is 1. The smallest absolute Gasteiger partial charge is 0.0328 e. The van der Waals surface area contributed by atoms with Crippen LogP contribution in [0.4, 0.5) is 0 Å². The molecular formula is C12H19ClN2S. The zero-order valence-corrected chi connectivity index (χ0v) is 11.0. The Morgan fingerprint density at radius 3 is 2.94 bits per heavy atom. The summed E-state index contributed by atoms with van der Waals surface area (Å²) in [4.78, 5) is 4.07. The van der Waals surface area contributed by atoms with E-state index in [4.69, 9.17) is 5.73 Å². The second kappa shape index (κ2) is 5.05. The summed E-state index contributed by atoms with van der Waals surface area (Å²) in [5.74, 6) is 1.67. The lowest BCUT2D eigenvalue weighted by atomic mass is 9.98. The Morgan fingerprint density at radius 2 is 2.25 bits per heavy atom. The number of hydrogen-bond acceptors (Lipinski definition) is 3. The summed E-state index contributed by atoms with van der Waals surface area (Å²) in [6.07, 6.45) is 2.61. The summed E-state index contributed by atoms with van der Waals surface area (Å²) in [6, 6.07) is 4.85. The molecule has 4 heteroatoms. The van der Waals surface area contributed by atoms with Crippen LogP contribution in [-0.2, 0) is 6.54 Å². The molecule has 1 aromatic heterocycles. The molecule has 1 aromatic rings. The van der Waals surface area contributed by atoms with Crippen LogP contribution in [0.5, 0.6) is 0 Å². The number of nitrogens with two attached hydrogens (primary N) is 1. The van der Waals surface area contributed by atoms with Crippen molar-refractivity contribution in [3.05, 3.63) is 22.4 Å². The maximum absolute atomic E-state index is 6.13. The standard InChI is InChI=1S/C12H18N2S.ClH/c13-12-4-3-9-6-14(8-11(9)12)7-10-2-1-5-15-10;/h1-2,5,9,11-12H,3-4,6-8,13H2;1H. The van der Waals surface area contributed by atoms with E-state index in [-0.39, 0.29) is 12.4 Å². The van der Waals surface area contributed by atoms with Crippen molar-refractivity contribution in [3.8, 4) is 0 Å². The molecule has 90 valence electrons. The third-order valence-electron chi connectivity index (χ3n) is 3.95. The molecule has 2 fully saturated rings. The molecule has 2 heterocycles. The fourth-order valence-corrected chi connectivity index (χ4v) is 3.90. The number of likely N-dealkylation sites (tertiary alicyclic amines) is 1. The molecule has 2 N–H and O–H groups in total. The molecule has 2 nitrogen and oxygen atoms in total. The number of hydrogen-bond donors (Lipinski definition) is 1. The van der Waals surface area contributed by atoms with Gasteiger partial charge in [0.25, 0.3) is 0 Å². The highest BCUT2D eigenvalue weighted by Gasteiger charge is 2.40. The molecule has 3 rings (SSSR count). The van der Waals surface area contributed by atoms with Gasteiger partial charge in [0.05, 0.1) is 0 Å². The molecule has 0 radical (unpaired) electrons. The van der Waals surface area contributed by atoms with Gasteiger partial charge in [-0.25, -0.2) is 0 Å². The van der Waals surface area contributed by atoms with Crippen molar-refractivity contribution in [1.29, 1.82) is 0 Å². The number of fused-ring (bicyclic) bond motifs is 1. The molecule has 3 unspecified atom stereocenters. The molecule has 2 aliphatic rings. The van der Waals surface area contributed by atoms with E-state index in [1.807, 2.05) is 11.3 Å². The van der Waals surface area contributed by atoms with E-state index in [0.717, 1.165) is 18.4 Å². The third kappa shape index (κ3) is 2.28. The van der Waals surface area contributed by atoms with Crippen LogP contribution in [0.15, 0.2) is 17.5 Å². The van der Waals surface area contributed by atoms with E-state index < -0.39 is 0 Å². The zero-order chi connectivity index (χ0) is 10.3. The lowest BCUT2D eigenvalue weighted by Gasteiger charge is -2.17. The van der Waals surface area contributed by atoms with Crippen molar-refractivity contribution in [2.45, 2.75) is 25.4 Å². The number of halogens is 1. The van der Waals surface area contributed by atoms with E-state index in [0.29, 0.717) is 6.04 Å². The van der Waals surface area contributed by atoms with Crippen molar-refractivity contribution in [3.63, 3.8) is 0 Å². The molecule has 0 spiro atoms. The van der Waals surface area contributed by atoms with Crippen LogP contribution in [-0.4, -0.2) is 24.0 Å². The monoisotopic (exact) mass is 258 g/mol. The summed E-state index contributed by atoms with van der Waals surface area (Å²) < 4.78 is 0. The number of rotatable bonds is 2. The minimum atomic E-state index is 0.